The minimum Gasteiger partial charge on any atom is -0.370 e. The van der Waals surface area contributed by atoms with Crippen molar-refractivity contribution in [3.8, 4) is 6.07 Å². The molecule has 0 aromatic rings. The van der Waals surface area contributed by atoms with Crippen molar-refractivity contribution < 1.29 is 9.47 Å². The van der Waals surface area contributed by atoms with E-state index in [1.54, 1.807) is 14.2 Å². The van der Waals surface area contributed by atoms with Crippen LogP contribution in [0.4, 0.5) is 0 Å². The molecule has 0 N–H and O–H groups in total. The summed E-state index contributed by atoms with van der Waals surface area (Å²) in [6.07, 6.45) is 21.4. The van der Waals surface area contributed by atoms with Crippen LogP contribution in [-0.2, 0) is 9.47 Å². The van der Waals surface area contributed by atoms with E-state index in [0.717, 1.165) is 11.1 Å². The van der Waals surface area contributed by atoms with Gasteiger partial charge in [0.15, 0.2) is 0 Å². The van der Waals surface area contributed by atoms with Crippen LogP contribution < -0.4 is 0 Å². The summed E-state index contributed by atoms with van der Waals surface area (Å²) < 4.78 is 10.9. The summed E-state index contributed by atoms with van der Waals surface area (Å²) in [5.41, 5.74) is 1.51. The van der Waals surface area contributed by atoms with E-state index in [1.165, 1.54) is 0 Å². The highest BCUT2D eigenvalue weighted by Gasteiger charge is 2.18. The van der Waals surface area contributed by atoms with Gasteiger partial charge in [-0.25, -0.2) is 0 Å². The minimum atomic E-state index is -0.455. The summed E-state index contributed by atoms with van der Waals surface area (Å²) in [6.45, 7) is 3.96. The molecular formula is C21H23NO2. The molecule has 2 rings (SSSR count). The van der Waals surface area contributed by atoms with Gasteiger partial charge >= 0.3 is 0 Å². The van der Waals surface area contributed by atoms with E-state index in [4.69, 9.17) is 9.47 Å². The molecule has 0 amide bonds. The van der Waals surface area contributed by atoms with Gasteiger partial charge in [-0.2, -0.15) is 5.26 Å². The van der Waals surface area contributed by atoms with Crippen molar-refractivity contribution in [1.82, 2.24) is 0 Å². The third kappa shape index (κ3) is 4.32. The van der Waals surface area contributed by atoms with E-state index in [9.17, 15) is 5.26 Å². The van der Waals surface area contributed by atoms with Crippen molar-refractivity contribution in [1.29, 1.82) is 5.26 Å². The molecule has 24 heavy (non-hydrogen) atoms. The molecule has 0 aromatic heterocycles. The normalized spacial score (nSPS) is 29.5. The predicted molar refractivity (Wildman–Crippen MR) is 97.3 cm³/mol. The summed E-state index contributed by atoms with van der Waals surface area (Å²) in [5, 5.41) is 9.56. The minimum absolute atomic E-state index is 0.427. The van der Waals surface area contributed by atoms with Crippen molar-refractivity contribution in [2.75, 3.05) is 14.2 Å². The largest absolute Gasteiger partial charge is 0.370 e. The van der Waals surface area contributed by atoms with E-state index in [-0.39, 0.29) is 0 Å². The van der Waals surface area contributed by atoms with Crippen LogP contribution in [0.15, 0.2) is 83.6 Å². The average Bonchev–Trinajstić information content (AvgIpc) is 2.90. The Morgan fingerprint density at radius 2 is 1.54 bits per heavy atom. The molecule has 0 spiro atoms. The summed E-state index contributed by atoms with van der Waals surface area (Å²) in [7, 11) is 3.34. The highest BCUT2D eigenvalue weighted by molar-refractivity contribution is 5.56. The second-order valence-electron chi connectivity index (χ2n) is 6.12. The Morgan fingerprint density at radius 3 is 2.12 bits per heavy atom. The highest BCUT2D eigenvalue weighted by atomic mass is 16.5. The van der Waals surface area contributed by atoms with E-state index >= 15 is 0 Å². The van der Waals surface area contributed by atoms with Crippen LogP contribution in [0, 0.1) is 11.3 Å². The first kappa shape index (κ1) is 17.9. The van der Waals surface area contributed by atoms with Crippen LogP contribution in [0.25, 0.3) is 0 Å². The van der Waals surface area contributed by atoms with Gasteiger partial charge in [0.05, 0.1) is 11.6 Å². The third-order valence-corrected chi connectivity index (χ3v) is 4.24. The van der Waals surface area contributed by atoms with Crippen LogP contribution in [-0.4, -0.2) is 25.4 Å². The van der Waals surface area contributed by atoms with Crippen molar-refractivity contribution in [2.24, 2.45) is 0 Å². The van der Waals surface area contributed by atoms with E-state index in [0.29, 0.717) is 5.57 Å². The molecule has 2 aliphatic carbocycles. The fraction of sp³-hybridized carbons (Fsp3) is 0.286. The first-order valence-electron chi connectivity index (χ1n) is 7.84. The summed E-state index contributed by atoms with van der Waals surface area (Å²) in [6, 6.07) is 2.28. The molecule has 0 saturated heterocycles. The fourth-order valence-corrected chi connectivity index (χ4v) is 2.33. The number of hydrogen-bond acceptors (Lipinski definition) is 3. The zero-order chi connectivity index (χ0) is 17.6. The quantitative estimate of drug-likeness (QED) is 0.723. The van der Waals surface area contributed by atoms with Crippen LogP contribution in [0.5, 0.6) is 0 Å². The number of nitrogens with zero attached hydrogens (tertiary/aromatic N) is 1. The topological polar surface area (TPSA) is 42.2 Å². The molecule has 2 atom stereocenters. The molecule has 3 nitrogen and oxygen atoms in total. The third-order valence-electron chi connectivity index (χ3n) is 4.24. The van der Waals surface area contributed by atoms with E-state index < -0.39 is 11.2 Å². The molecule has 0 aromatic carbocycles. The zero-order valence-corrected chi connectivity index (χ0v) is 14.6. The Labute approximate surface area is 144 Å². The molecule has 0 heterocycles. The molecule has 0 saturated carbocycles. The maximum absolute atomic E-state index is 9.56. The number of rotatable bonds is 4. The van der Waals surface area contributed by atoms with Crippen LogP contribution in [0.1, 0.15) is 13.8 Å². The van der Waals surface area contributed by atoms with Crippen molar-refractivity contribution in [2.45, 2.75) is 25.0 Å². The lowest BCUT2D eigenvalue weighted by Gasteiger charge is -2.18. The maximum atomic E-state index is 9.56. The van der Waals surface area contributed by atoms with Gasteiger partial charge in [-0.15, -0.1) is 0 Å². The van der Waals surface area contributed by atoms with Gasteiger partial charge < -0.3 is 9.47 Å². The second-order valence-corrected chi connectivity index (χ2v) is 6.12. The molecule has 0 fully saturated rings. The number of allylic oxidation sites excluding steroid dienone is 10. The molecule has 0 radical (unpaired) electrons. The van der Waals surface area contributed by atoms with Gasteiger partial charge in [-0.3, -0.25) is 0 Å². The van der Waals surface area contributed by atoms with Gasteiger partial charge in [0.2, 0.25) is 0 Å². The van der Waals surface area contributed by atoms with Gasteiger partial charge in [0.25, 0.3) is 0 Å². The first-order chi connectivity index (χ1) is 11.4. The van der Waals surface area contributed by atoms with Gasteiger partial charge in [0, 0.05) is 14.2 Å². The van der Waals surface area contributed by atoms with Crippen molar-refractivity contribution >= 4 is 0 Å². The van der Waals surface area contributed by atoms with Crippen LogP contribution in [0.2, 0.25) is 0 Å². The van der Waals surface area contributed by atoms with E-state index in [2.05, 4.69) is 6.07 Å². The van der Waals surface area contributed by atoms with Crippen LogP contribution in [0.3, 0.4) is 0 Å². The second kappa shape index (κ2) is 7.44. The zero-order valence-electron chi connectivity index (χ0n) is 14.6. The Bertz CT molecular complexity index is 740. The summed E-state index contributed by atoms with van der Waals surface area (Å²) >= 11 is 0. The maximum Gasteiger partial charge on any atom is 0.102 e. The van der Waals surface area contributed by atoms with Gasteiger partial charge in [-0.1, -0.05) is 36.5 Å². The molecule has 2 aliphatic rings. The number of ether oxygens (including phenoxy) is 2. The molecule has 2 unspecified atom stereocenters. The number of hydrogen-bond donors (Lipinski definition) is 0. The lowest BCUT2D eigenvalue weighted by molar-refractivity contribution is 0.0906. The highest BCUT2D eigenvalue weighted by Crippen LogP contribution is 2.24. The Hall–Kier alpha value is -2.41. The fourth-order valence-electron chi connectivity index (χ4n) is 2.33. The van der Waals surface area contributed by atoms with Gasteiger partial charge in [-0.05, 0) is 55.4 Å². The van der Waals surface area contributed by atoms with Crippen LogP contribution >= 0.6 is 0 Å². The lowest BCUT2D eigenvalue weighted by atomic mass is 10.0. The SMILES string of the molecule is COC1(C)C=CC=C(/C=C(\C#N)C2=CC=CC(C)(OC)C=C2)C=C1. The molecule has 124 valence electrons. The summed E-state index contributed by atoms with van der Waals surface area (Å²) in [4.78, 5) is 0. The lowest BCUT2D eigenvalue weighted by Crippen LogP contribution is -2.20. The molecule has 0 bridgehead atoms. The first-order valence-corrected chi connectivity index (χ1v) is 7.84. The Balaban J connectivity index is 2.31. The van der Waals surface area contributed by atoms with E-state index in [1.807, 2.05) is 80.7 Å². The Morgan fingerprint density at radius 1 is 0.958 bits per heavy atom. The number of methoxy groups -OCH3 is 2. The monoisotopic (exact) mass is 321 g/mol. The van der Waals surface area contributed by atoms with Crippen molar-refractivity contribution in [3.05, 3.63) is 83.6 Å². The predicted octanol–water partition coefficient (Wildman–Crippen LogP) is 4.35. The smallest absolute Gasteiger partial charge is 0.102 e. The molecular weight excluding hydrogens is 298 g/mol. The molecule has 3 heteroatoms. The van der Waals surface area contributed by atoms with Crippen molar-refractivity contribution in [3.63, 3.8) is 0 Å². The Kier molecular flexibility index (Phi) is 5.56. The number of nitriles is 1. The summed E-state index contributed by atoms with van der Waals surface area (Å²) in [5.74, 6) is 0. The van der Waals surface area contributed by atoms with Gasteiger partial charge in [0.1, 0.15) is 11.2 Å². The molecule has 0 aliphatic heterocycles. The average molecular weight is 321 g/mol. The standard InChI is InChI=1S/C21H23NO2/c1-20(23-3)11-5-7-17(9-13-20)15-19(16-22)18-8-6-12-21(2,24-4)14-10-18/h5-15H,1-4H3/b19-15+.